The molecule has 17 heavy (non-hydrogen) atoms. The van der Waals surface area contributed by atoms with Gasteiger partial charge < -0.3 is 10.6 Å². The van der Waals surface area contributed by atoms with Crippen LogP contribution in [0.1, 0.15) is 25.2 Å². The van der Waals surface area contributed by atoms with E-state index in [-0.39, 0.29) is 17.3 Å². The molecule has 0 saturated heterocycles. The summed E-state index contributed by atoms with van der Waals surface area (Å²) < 4.78 is 1.59. The van der Waals surface area contributed by atoms with E-state index in [0.29, 0.717) is 6.54 Å². The smallest absolute Gasteiger partial charge is 0.202 e. The van der Waals surface area contributed by atoms with Crippen LogP contribution in [0.15, 0.2) is 0 Å². The summed E-state index contributed by atoms with van der Waals surface area (Å²) in [6.07, 6.45) is 0. The Kier molecular flexibility index (Phi) is 4.50. The lowest BCUT2D eigenvalue weighted by molar-refractivity contribution is 0.291. The molecule has 0 fully saturated rings. The molecular weight excluding hydrogens is 216 g/mol. The minimum Gasteiger partial charge on any atom is -0.369 e. The van der Waals surface area contributed by atoms with Gasteiger partial charge in [-0.15, -0.1) is 0 Å². The summed E-state index contributed by atoms with van der Waals surface area (Å²) in [6.45, 7) is 7.40. The van der Waals surface area contributed by atoms with Gasteiger partial charge in [-0.25, -0.2) is 4.98 Å². The average molecular weight is 232 g/mol. The molecule has 0 aliphatic heterocycles. The van der Waals surface area contributed by atoms with Gasteiger partial charge in [-0.3, -0.25) is 4.57 Å². The van der Waals surface area contributed by atoms with Crippen LogP contribution in [-0.4, -0.2) is 34.1 Å². The molecule has 0 bridgehead atoms. The number of nitrogens with zero attached hydrogens (tertiary/aromatic N) is 5. The molecule has 2 N–H and O–H groups in total. The molecule has 0 aromatic carbocycles. The van der Waals surface area contributed by atoms with Gasteiger partial charge in [0, 0.05) is 13.1 Å². The van der Waals surface area contributed by atoms with Gasteiger partial charge in [-0.05, 0) is 13.1 Å². The van der Waals surface area contributed by atoms with Gasteiger partial charge >= 0.3 is 0 Å². The normalized spacial score (nSPS) is 10.2. The number of imidazole rings is 1. The van der Waals surface area contributed by atoms with Gasteiger partial charge in [-0.1, -0.05) is 13.8 Å². The molecule has 0 unspecified atom stereocenters. The molecule has 1 aromatic rings. The predicted molar refractivity (Wildman–Crippen MR) is 63.9 cm³/mol. The number of hydrogen-bond donors (Lipinski definition) is 1. The zero-order valence-corrected chi connectivity index (χ0v) is 10.1. The Morgan fingerprint density at radius 2 is 1.94 bits per heavy atom. The molecule has 6 heteroatoms. The maximum absolute atomic E-state index is 8.99. The first-order chi connectivity index (χ1) is 8.17. The maximum Gasteiger partial charge on any atom is 0.202 e. The van der Waals surface area contributed by atoms with Crippen LogP contribution in [0.4, 0.5) is 5.95 Å². The van der Waals surface area contributed by atoms with E-state index >= 15 is 0 Å². The lowest BCUT2D eigenvalue weighted by Crippen LogP contribution is -2.27. The van der Waals surface area contributed by atoms with E-state index in [9.17, 15) is 0 Å². The van der Waals surface area contributed by atoms with Gasteiger partial charge in [0.25, 0.3) is 0 Å². The van der Waals surface area contributed by atoms with E-state index in [1.54, 1.807) is 4.57 Å². The Balaban J connectivity index is 2.89. The summed E-state index contributed by atoms with van der Waals surface area (Å²) >= 11 is 0. The minimum absolute atomic E-state index is 0.101. The third kappa shape index (κ3) is 2.74. The molecule has 0 aliphatic rings. The molecule has 90 valence electrons. The second-order valence-electron chi connectivity index (χ2n) is 3.57. The Hall–Kier alpha value is -2.05. The van der Waals surface area contributed by atoms with E-state index in [0.717, 1.165) is 19.6 Å². The number of likely N-dealkylation sites (N-methyl/N-ethyl adjacent to an activating group) is 1. The lowest BCUT2D eigenvalue weighted by atomic mass is 10.3. The summed E-state index contributed by atoms with van der Waals surface area (Å²) in [6, 6.07) is 3.85. The Labute approximate surface area is 101 Å². The van der Waals surface area contributed by atoms with E-state index in [4.69, 9.17) is 16.3 Å². The van der Waals surface area contributed by atoms with E-state index in [1.165, 1.54) is 0 Å². The van der Waals surface area contributed by atoms with Gasteiger partial charge in [0.2, 0.25) is 5.95 Å². The summed E-state index contributed by atoms with van der Waals surface area (Å²) in [5.41, 5.74) is 6.04. The van der Waals surface area contributed by atoms with Crippen molar-refractivity contribution in [1.29, 1.82) is 10.5 Å². The van der Waals surface area contributed by atoms with Gasteiger partial charge in [0.1, 0.15) is 12.1 Å². The summed E-state index contributed by atoms with van der Waals surface area (Å²) in [5, 5.41) is 17.8. The molecule has 0 saturated carbocycles. The fourth-order valence-electron chi connectivity index (χ4n) is 1.67. The molecule has 0 atom stereocenters. The number of aromatic nitrogens is 2. The summed E-state index contributed by atoms with van der Waals surface area (Å²) in [4.78, 5) is 6.08. The number of hydrogen-bond acceptors (Lipinski definition) is 5. The third-order valence-electron chi connectivity index (χ3n) is 2.74. The van der Waals surface area contributed by atoms with Crippen molar-refractivity contribution in [2.45, 2.75) is 20.4 Å². The first-order valence-corrected chi connectivity index (χ1v) is 5.56. The molecular formula is C11H16N6. The van der Waals surface area contributed by atoms with Crippen molar-refractivity contribution in [3.05, 3.63) is 11.4 Å². The summed E-state index contributed by atoms with van der Waals surface area (Å²) in [5.74, 6) is 0.227. The maximum atomic E-state index is 8.99. The van der Waals surface area contributed by atoms with Crippen LogP contribution in [0.3, 0.4) is 0 Å². The Morgan fingerprint density at radius 1 is 1.29 bits per heavy atom. The molecule has 0 amide bonds. The monoisotopic (exact) mass is 232 g/mol. The van der Waals surface area contributed by atoms with Crippen LogP contribution >= 0.6 is 0 Å². The largest absolute Gasteiger partial charge is 0.369 e. The zero-order valence-electron chi connectivity index (χ0n) is 10.1. The van der Waals surface area contributed by atoms with Crippen molar-refractivity contribution in [3.8, 4) is 12.1 Å². The first-order valence-electron chi connectivity index (χ1n) is 5.56. The van der Waals surface area contributed by atoms with Crippen molar-refractivity contribution in [2.24, 2.45) is 0 Å². The molecule has 1 heterocycles. The fraction of sp³-hybridized carbons (Fsp3) is 0.545. The van der Waals surface area contributed by atoms with Crippen LogP contribution in [0.2, 0.25) is 0 Å². The standard InChI is InChI=1S/C11H16N6/c1-3-16(4-2)5-6-17-10(8-13)9(7-12)15-11(17)14/h3-6H2,1-2H3,(H2,14,15). The number of anilines is 1. The van der Waals surface area contributed by atoms with Gasteiger partial charge in [0.05, 0.1) is 0 Å². The highest BCUT2D eigenvalue weighted by Gasteiger charge is 2.14. The highest BCUT2D eigenvalue weighted by molar-refractivity contribution is 5.43. The van der Waals surface area contributed by atoms with Crippen LogP contribution < -0.4 is 5.73 Å². The first kappa shape index (κ1) is 13.0. The topological polar surface area (TPSA) is 94.7 Å². The van der Waals surface area contributed by atoms with Crippen LogP contribution in [0.5, 0.6) is 0 Å². The van der Waals surface area contributed by atoms with Crippen LogP contribution in [0.25, 0.3) is 0 Å². The van der Waals surface area contributed by atoms with Crippen LogP contribution in [-0.2, 0) is 6.54 Å². The molecule has 0 aliphatic carbocycles. The zero-order chi connectivity index (χ0) is 12.8. The third-order valence-corrected chi connectivity index (χ3v) is 2.74. The second-order valence-corrected chi connectivity index (χ2v) is 3.57. The lowest BCUT2D eigenvalue weighted by Gasteiger charge is -2.18. The SMILES string of the molecule is CCN(CC)CCn1c(N)nc(C#N)c1C#N. The van der Waals surface area contributed by atoms with Crippen molar-refractivity contribution in [2.75, 3.05) is 25.4 Å². The molecule has 1 aromatic heterocycles. The molecule has 6 nitrogen and oxygen atoms in total. The van der Waals surface area contributed by atoms with Crippen molar-refractivity contribution < 1.29 is 0 Å². The molecule has 0 spiro atoms. The number of rotatable bonds is 5. The Morgan fingerprint density at radius 3 is 2.41 bits per heavy atom. The molecule has 1 rings (SSSR count). The van der Waals surface area contributed by atoms with E-state index in [1.807, 2.05) is 12.1 Å². The predicted octanol–water partition coefficient (Wildman–Crippen LogP) is 0.550. The Bertz CT molecular complexity index is 458. The average Bonchev–Trinajstić information content (AvgIpc) is 2.66. The van der Waals surface area contributed by atoms with Crippen molar-refractivity contribution in [3.63, 3.8) is 0 Å². The minimum atomic E-state index is 0.101. The number of nitrogens with two attached hydrogens (primary N) is 1. The highest BCUT2D eigenvalue weighted by atomic mass is 15.2. The number of nitriles is 2. The molecule has 0 radical (unpaired) electrons. The van der Waals surface area contributed by atoms with Crippen LogP contribution in [0, 0.1) is 22.7 Å². The second kappa shape index (κ2) is 5.88. The van der Waals surface area contributed by atoms with E-state index in [2.05, 4.69) is 23.7 Å². The van der Waals surface area contributed by atoms with Crippen molar-refractivity contribution in [1.82, 2.24) is 14.5 Å². The van der Waals surface area contributed by atoms with Gasteiger partial charge in [0.15, 0.2) is 11.4 Å². The quantitative estimate of drug-likeness (QED) is 0.800. The highest BCUT2D eigenvalue weighted by Crippen LogP contribution is 2.12. The van der Waals surface area contributed by atoms with Gasteiger partial charge in [-0.2, -0.15) is 10.5 Å². The number of nitrogen functional groups attached to an aromatic ring is 1. The summed E-state index contributed by atoms with van der Waals surface area (Å²) in [7, 11) is 0. The fourth-order valence-corrected chi connectivity index (χ4v) is 1.67. The van der Waals surface area contributed by atoms with E-state index < -0.39 is 0 Å². The van der Waals surface area contributed by atoms with Crippen molar-refractivity contribution >= 4 is 5.95 Å².